The zero-order valence-corrected chi connectivity index (χ0v) is 8.75. The number of aryl methyl sites for hydroxylation is 1. The van der Waals surface area contributed by atoms with Crippen molar-refractivity contribution in [1.29, 1.82) is 0 Å². The second-order valence-electron chi connectivity index (χ2n) is 3.23. The van der Waals surface area contributed by atoms with Gasteiger partial charge in [0.05, 0.1) is 10.7 Å². The van der Waals surface area contributed by atoms with Gasteiger partial charge < -0.3 is 10.1 Å². The fourth-order valence-electron chi connectivity index (χ4n) is 1.57. The van der Waals surface area contributed by atoms with Crippen molar-refractivity contribution in [2.24, 2.45) is 5.73 Å². The summed E-state index contributed by atoms with van der Waals surface area (Å²) in [4.78, 5) is 4.45. The first kappa shape index (κ1) is 9.49. The number of hydrogen-bond donors (Lipinski definition) is 1. The predicted octanol–water partition coefficient (Wildman–Crippen LogP) is 1.80. The summed E-state index contributed by atoms with van der Waals surface area (Å²) in [6.45, 7) is 2.64. The molecule has 0 aromatic carbocycles. The monoisotopic (exact) mass is 209 g/mol. The summed E-state index contributed by atoms with van der Waals surface area (Å²) in [5.74, 6) is 0. The third-order valence-corrected chi connectivity index (χ3v) is 2.62. The van der Waals surface area contributed by atoms with Gasteiger partial charge in [0.25, 0.3) is 0 Å². The highest BCUT2D eigenvalue weighted by Crippen LogP contribution is 2.19. The summed E-state index contributed by atoms with van der Waals surface area (Å²) in [5, 5.41) is 0.680. The van der Waals surface area contributed by atoms with E-state index in [0.29, 0.717) is 11.6 Å². The molecule has 0 unspecified atom stereocenters. The van der Waals surface area contributed by atoms with E-state index in [-0.39, 0.29) is 0 Å². The number of rotatable bonds is 2. The molecule has 0 aliphatic heterocycles. The van der Waals surface area contributed by atoms with Gasteiger partial charge in [-0.1, -0.05) is 11.6 Å². The molecule has 0 aliphatic rings. The van der Waals surface area contributed by atoms with Crippen LogP contribution >= 0.6 is 11.6 Å². The lowest BCUT2D eigenvalue weighted by atomic mass is 10.2. The molecule has 0 aliphatic carbocycles. The van der Waals surface area contributed by atoms with E-state index in [1.54, 1.807) is 0 Å². The van der Waals surface area contributed by atoms with Gasteiger partial charge in [-0.15, -0.1) is 0 Å². The molecule has 74 valence electrons. The van der Waals surface area contributed by atoms with Crippen LogP contribution in [0.25, 0.3) is 5.65 Å². The average Bonchev–Trinajstić information content (AvgIpc) is 2.48. The number of imidazole rings is 1. The van der Waals surface area contributed by atoms with Crippen molar-refractivity contribution in [3.8, 4) is 0 Å². The van der Waals surface area contributed by atoms with Crippen LogP contribution < -0.4 is 5.73 Å². The lowest BCUT2D eigenvalue weighted by Gasteiger charge is -1.97. The lowest BCUT2D eigenvalue weighted by Crippen LogP contribution is -2.04. The van der Waals surface area contributed by atoms with Crippen LogP contribution in [0.5, 0.6) is 0 Å². The average molecular weight is 210 g/mol. The quantitative estimate of drug-likeness (QED) is 0.820. The van der Waals surface area contributed by atoms with Gasteiger partial charge in [0, 0.05) is 18.3 Å². The molecule has 2 heterocycles. The van der Waals surface area contributed by atoms with Gasteiger partial charge >= 0.3 is 0 Å². The van der Waals surface area contributed by atoms with Gasteiger partial charge in [0.15, 0.2) is 5.65 Å². The van der Waals surface area contributed by atoms with Crippen LogP contribution in [-0.4, -0.2) is 15.9 Å². The number of pyridine rings is 1. The van der Waals surface area contributed by atoms with Crippen LogP contribution in [-0.2, 0) is 6.42 Å². The molecule has 0 saturated carbocycles. The zero-order chi connectivity index (χ0) is 10.1. The Labute approximate surface area is 87.5 Å². The van der Waals surface area contributed by atoms with Crippen molar-refractivity contribution in [3.63, 3.8) is 0 Å². The minimum absolute atomic E-state index is 0.613. The van der Waals surface area contributed by atoms with Crippen LogP contribution in [0, 0.1) is 6.92 Å². The maximum atomic E-state index is 6.03. The normalized spacial score (nSPS) is 11.1. The van der Waals surface area contributed by atoms with Gasteiger partial charge in [-0.25, -0.2) is 4.98 Å². The molecule has 0 saturated heterocycles. The van der Waals surface area contributed by atoms with E-state index >= 15 is 0 Å². The molecule has 0 radical (unpaired) electrons. The van der Waals surface area contributed by atoms with E-state index in [2.05, 4.69) is 4.98 Å². The second kappa shape index (κ2) is 3.59. The van der Waals surface area contributed by atoms with Crippen LogP contribution in [0.3, 0.4) is 0 Å². The van der Waals surface area contributed by atoms with Crippen LogP contribution in [0.2, 0.25) is 5.02 Å². The first-order chi connectivity index (χ1) is 6.74. The number of aromatic nitrogens is 2. The Morgan fingerprint density at radius 2 is 2.36 bits per heavy atom. The van der Waals surface area contributed by atoms with Crippen molar-refractivity contribution in [3.05, 3.63) is 34.7 Å². The Morgan fingerprint density at radius 3 is 3.00 bits per heavy atom. The van der Waals surface area contributed by atoms with Crippen molar-refractivity contribution in [1.82, 2.24) is 9.38 Å². The van der Waals surface area contributed by atoms with Gasteiger partial charge in [0.1, 0.15) is 0 Å². The summed E-state index contributed by atoms with van der Waals surface area (Å²) in [6.07, 6.45) is 2.76. The SMILES string of the molecule is Cc1c(CCN)nc2c(Cl)cccn12. The molecule has 14 heavy (non-hydrogen) atoms. The Kier molecular flexibility index (Phi) is 2.44. The van der Waals surface area contributed by atoms with E-state index in [1.165, 1.54) is 0 Å². The zero-order valence-electron chi connectivity index (χ0n) is 8.00. The van der Waals surface area contributed by atoms with Gasteiger partial charge in [-0.05, 0) is 25.6 Å². The molecule has 0 amide bonds. The number of halogens is 1. The summed E-state index contributed by atoms with van der Waals surface area (Å²) in [6, 6.07) is 3.76. The van der Waals surface area contributed by atoms with Crippen LogP contribution in [0.1, 0.15) is 11.4 Å². The summed E-state index contributed by atoms with van der Waals surface area (Å²) < 4.78 is 1.99. The molecule has 4 heteroatoms. The third kappa shape index (κ3) is 1.38. The Morgan fingerprint density at radius 1 is 1.57 bits per heavy atom. The number of nitrogens with two attached hydrogens (primary N) is 1. The first-order valence-corrected chi connectivity index (χ1v) is 4.94. The third-order valence-electron chi connectivity index (χ3n) is 2.32. The highest BCUT2D eigenvalue weighted by atomic mass is 35.5. The van der Waals surface area contributed by atoms with E-state index in [0.717, 1.165) is 23.5 Å². The standard InChI is InChI=1S/C10H12ClN3/c1-7-9(4-5-12)13-10-8(11)3-2-6-14(7)10/h2-3,6H,4-5,12H2,1H3. The largest absolute Gasteiger partial charge is 0.330 e. The summed E-state index contributed by atoms with van der Waals surface area (Å²) in [7, 11) is 0. The van der Waals surface area contributed by atoms with Crippen molar-refractivity contribution < 1.29 is 0 Å². The highest BCUT2D eigenvalue weighted by Gasteiger charge is 2.08. The van der Waals surface area contributed by atoms with Gasteiger partial charge in [0.2, 0.25) is 0 Å². The van der Waals surface area contributed by atoms with Gasteiger partial charge in [-0.2, -0.15) is 0 Å². The fourth-order valence-corrected chi connectivity index (χ4v) is 1.78. The fraction of sp³-hybridized carbons (Fsp3) is 0.300. The number of fused-ring (bicyclic) bond motifs is 1. The molecule has 2 aromatic rings. The smallest absolute Gasteiger partial charge is 0.156 e. The van der Waals surface area contributed by atoms with E-state index in [9.17, 15) is 0 Å². The Hall–Kier alpha value is -1.06. The molecule has 0 atom stereocenters. The van der Waals surface area contributed by atoms with Crippen LogP contribution in [0.4, 0.5) is 0 Å². The molecular weight excluding hydrogens is 198 g/mol. The number of hydrogen-bond acceptors (Lipinski definition) is 2. The molecule has 2 rings (SSSR count). The predicted molar refractivity (Wildman–Crippen MR) is 57.7 cm³/mol. The summed E-state index contributed by atoms with van der Waals surface area (Å²) in [5.41, 5.74) is 8.47. The van der Waals surface area contributed by atoms with Crippen molar-refractivity contribution in [2.45, 2.75) is 13.3 Å². The minimum atomic E-state index is 0.613. The molecule has 0 spiro atoms. The Balaban J connectivity index is 2.67. The maximum Gasteiger partial charge on any atom is 0.156 e. The molecule has 0 bridgehead atoms. The number of nitrogens with zero attached hydrogens (tertiary/aromatic N) is 2. The molecule has 3 nitrogen and oxygen atoms in total. The van der Waals surface area contributed by atoms with Gasteiger partial charge in [-0.3, -0.25) is 0 Å². The topological polar surface area (TPSA) is 43.3 Å². The van der Waals surface area contributed by atoms with Crippen molar-refractivity contribution in [2.75, 3.05) is 6.54 Å². The van der Waals surface area contributed by atoms with E-state index < -0.39 is 0 Å². The van der Waals surface area contributed by atoms with Crippen LogP contribution in [0.15, 0.2) is 18.3 Å². The van der Waals surface area contributed by atoms with Crippen molar-refractivity contribution >= 4 is 17.2 Å². The molecular formula is C10H12ClN3. The molecule has 0 fully saturated rings. The lowest BCUT2D eigenvalue weighted by molar-refractivity contribution is 0.920. The second-order valence-corrected chi connectivity index (χ2v) is 3.64. The minimum Gasteiger partial charge on any atom is -0.330 e. The summed E-state index contributed by atoms with van der Waals surface area (Å²) >= 11 is 6.03. The molecule has 2 N–H and O–H groups in total. The molecule has 2 aromatic heterocycles. The maximum absolute atomic E-state index is 6.03. The first-order valence-electron chi connectivity index (χ1n) is 4.56. The Bertz CT molecular complexity index is 462. The van der Waals surface area contributed by atoms with E-state index in [4.69, 9.17) is 17.3 Å². The van der Waals surface area contributed by atoms with E-state index in [1.807, 2.05) is 29.7 Å². The highest BCUT2D eigenvalue weighted by molar-refractivity contribution is 6.33.